The highest BCUT2D eigenvalue weighted by Gasteiger charge is 2.47. The van der Waals surface area contributed by atoms with Gasteiger partial charge in [-0.3, -0.25) is 9.59 Å². The molecule has 0 saturated carbocycles. The van der Waals surface area contributed by atoms with Crippen LogP contribution >= 0.6 is 11.6 Å². The van der Waals surface area contributed by atoms with Crippen LogP contribution in [0, 0.1) is 5.92 Å². The molecule has 3 fully saturated rings. The number of hydrogen-bond acceptors (Lipinski definition) is 5. The smallest absolute Gasteiger partial charge is 0.349 e. The maximum Gasteiger partial charge on any atom is 0.389 e. The largest absolute Gasteiger partial charge is 0.389 e. The third kappa shape index (κ3) is 6.71. The Morgan fingerprint density at radius 1 is 1.10 bits per heavy atom. The monoisotopic (exact) mass is 590 g/mol. The molecule has 4 aliphatic rings. The summed E-state index contributed by atoms with van der Waals surface area (Å²) in [6.07, 6.45) is -0.784. The highest BCUT2D eigenvalue weighted by atomic mass is 35.5. The van der Waals surface area contributed by atoms with Crippen LogP contribution < -0.4 is 10.6 Å². The van der Waals surface area contributed by atoms with Gasteiger partial charge in [0, 0.05) is 30.2 Å². The van der Waals surface area contributed by atoms with Crippen molar-refractivity contribution in [2.75, 3.05) is 30.7 Å². The van der Waals surface area contributed by atoms with Gasteiger partial charge in [0.25, 0.3) is 5.91 Å². The summed E-state index contributed by atoms with van der Waals surface area (Å²) in [5.74, 6) is -0.417. The first kappa shape index (κ1) is 28.6. The molecular formula is C26H34ClF3N4O4S. The number of anilines is 1. The van der Waals surface area contributed by atoms with Gasteiger partial charge in [-0.2, -0.15) is 17.5 Å². The highest BCUT2D eigenvalue weighted by molar-refractivity contribution is 7.89. The minimum Gasteiger partial charge on any atom is -0.349 e. The lowest BCUT2D eigenvalue weighted by Gasteiger charge is -2.39. The summed E-state index contributed by atoms with van der Waals surface area (Å²) < 4.78 is 65.8. The summed E-state index contributed by atoms with van der Waals surface area (Å²) in [5, 5.41) is 6.00. The lowest BCUT2D eigenvalue weighted by molar-refractivity contribution is -0.136. The minimum atomic E-state index is -4.14. The Morgan fingerprint density at radius 2 is 1.77 bits per heavy atom. The lowest BCUT2D eigenvalue weighted by atomic mass is 9.98. The molecule has 216 valence electrons. The average Bonchev–Trinajstić information content (AvgIpc) is 3.34. The molecule has 39 heavy (non-hydrogen) atoms. The van der Waals surface area contributed by atoms with Crippen LogP contribution in [0.3, 0.4) is 0 Å². The van der Waals surface area contributed by atoms with Crippen molar-refractivity contribution in [2.45, 2.75) is 82.1 Å². The second kappa shape index (κ2) is 11.2. The summed E-state index contributed by atoms with van der Waals surface area (Å²) >= 11 is 6.32. The molecule has 2 bridgehead atoms. The van der Waals surface area contributed by atoms with Crippen molar-refractivity contribution < 1.29 is 31.2 Å². The first-order chi connectivity index (χ1) is 18.4. The van der Waals surface area contributed by atoms with Crippen molar-refractivity contribution >= 4 is 39.1 Å². The van der Waals surface area contributed by atoms with Gasteiger partial charge in [-0.25, -0.2) is 8.42 Å². The summed E-state index contributed by atoms with van der Waals surface area (Å²) in [4.78, 5) is 26.7. The molecule has 0 aliphatic carbocycles. The van der Waals surface area contributed by atoms with Gasteiger partial charge in [0.2, 0.25) is 15.9 Å². The summed E-state index contributed by atoms with van der Waals surface area (Å²) in [7, 11) is -3.50. The van der Waals surface area contributed by atoms with E-state index in [1.54, 1.807) is 16.4 Å². The first-order valence-electron chi connectivity index (χ1n) is 13.6. The van der Waals surface area contributed by atoms with E-state index in [9.17, 15) is 31.2 Å². The van der Waals surface area contributed by atoms with Gasteiger partial charge < -0.3 is 15.5 Å². The number of carbonyl (C=O) groups is 2. The van der Waals surface area contributed by atoms with Gasteiger partial charge in [-0.15, -0.1) is 0 Å². The van der Waals surface area contributed by atoms with E-state index in [2.05, 4.69) is 10.6 Å². The number of carbonyl (C=O) groups excluding carboxylic acids is 2. The molecule has 5 rings (SSSR count). The number of hydrogen-bond donors (Lipinski definition) is 2. The maximum atomic E-state index is 13.5. The standard InChI is InChI=1S/C26H34ClF3N4O4S/c27-22-14-23-17(11-24(35)32-23)10-21(22)25(36)31-18-12-19-2-3-20(13-18)34(19)39(37,38)15-16-4-8-33(9-5-16)7-1-6-26(28,29)30/h10,14,16,18-20H,1-9,11-13,15H2,(H,31,36)(H,32,35)/t18?,19-,20?/m0/s1. The molecule has 0 radical (unpaired) electrons. The number of benzene rings is 1. The van der Waals surface area contributed by atoms with Crippen LogP contribution in [-0.2, 0) is 21.2 Å². The van der Waals surface area contributed by atoms with E-state index in [-0.39, 0.29) is 59.5 Å². The molecule has 4 heterocycles. The quantitative estimate of drug-likeness (QED) is 0.478. The number of sulfonamides is 1. The molecule has 2 unspecified atom stereocenters. The van der Waals surface area contributed by atoms with E-state index >= 15 is 0 Å². The molecule has 1 aromatic rings. The second-order valence-electron chi connectivity index (χ2n) is 11.4. The minimum absolute atomic E-state index is 0.00554. The van der Waals surface area contributed by atoms with Crippen LogP contribution in [0.5, 0.6) is 0 Å². The average molecular weight is 591 g/mol. The normalized spacial score (nSPS) is 26.5. The number of likely N-dealkylation sites (tertiary alicyclic amines) is 1. The Bertz CT molecular complexity index is 1210. The SMILES string of the molecule is O=C1Cc2cc(C(=O)NC3CC4CC[C@@H](C3)N4S(=O)(=O)CC3CCN(CCCC(F)(F)F)CC3)c(Cl)cc2N1. The molecule has 3 saturated heterocycles. The van der Waals surface area contributed by atoms with Gasteiger partial charge in [0.1, 0.15) is 0 Å². The van der Waals surface area contributed by atoms with E-state index in [0.717, 1.165) is 18.4 Å². The molecule has 3 atom stereocenters. The fraction of sp³-hybridized carbons (Fsp3) is 0.692. The third-order valence-electron chi connectivity index (χ3n) is 8.47. The molecule has 13 heteroatoms. The maximum absolute atomic E-state index is 13.5. The van der Waals surface area contributed by atoms with Gasteiger partial charge in [0.15, 0.2) is 0 Å². The van der Waals surface area contributed by atoms with Crippen molar-refractivity contribution in [3.05, 3.63) is 28.3 Å². The third-order valence-corrected chi connectivity index (χ3v) is 10.9. The van der Waals surface area contributed by atoms with E-state index in [1.807, 2.05) is 4.90 Å². The molecule has 1 aromatic carbocycles. The van der Waals surface area contributed by atoms with E-state index in [1.165, 1.54) is 0 Å². The van der Waals surface area contributed by atoms with Gasteiger partial charge in [0.05, 0.1) is 22.8 Å². The highest BCUT2D eigenvalue weighted by Crippen LogP contribution is 2.39. The van der Waals surface area contributed by atoms with Crippen LogP contribution in [-0.4, -0.2) is 79.1 Å². The number of alkyl halides is 3. The lowest BCUT2D eigenvalue weighted by Crippen LogP contribution is -2.53. The van der Waals surface area contributed by atoms with Crippen molar-refractivity contribution in [1.82, 2.24) is 14.5 Å². The predicted molar refractivity (Wildman–Crippen MR) is 141 cm³/mol. The fourth-order valence-corrected chi connectivity index (χ4v) is 9.30. The van der Waals surface area contributed by atoms with E-state index < -0.39 is 22.6 Å². The molecule has 2 amide bonds. The Morgan fingerprint density at radius 3 is 2.41 bits per heavy atom. The number of rotatable bonds is 8. The predicted octanol–water partition coefficient (Wildman–Crippen LogP) is 3.94. The van der Waals surface area contributed by atoms with Gasteiger partial charge in [-0.05, 0) is 88.2 Å². The number of halogens is 4. The molecule has 8 nitrogen and oxygen atoms in total. The van der Waals surface area contributed by atoms with Crippen LogP contribution in [0.4, 0.5) is 18.9 Å². The van der Waals surface area contributed by atoms with Crippen LogP contribution in [0.15, 0.2) is 12.1 Å². The Balaban J connectivity index is 1.13. The molecule has 0 aromatic heterocycles. The number of nitrogens with one attached hydrogen (secondary N) is 2. The zero-order valence-electron chi connectivity index (χ0n) is 21.6. The van der Waals surface area contributed by atoms with Crippen molar-refractivity contribution in [2.24, 2.45) is 5.92 Å². The van der Waals surface area contributed by atoms with Crippen LogP contribution in [0.2, 0.25) is 5.02 Å². The number of piperidine rings is 2. The van der Waals surface area contributed by atoms with E-state index in [4.69, 9.17) is 11.6 Å². The first-order valence-corrected chi connectivity index (χ1v) is 15.6. The topological polar surface area (TPSA) is 98.8 Å². The zero-order valence-corrected chi connectivity index (χ0v) is 23.2. The molecular weight excluding hydrogens is 557 g/mol. The Kier molecular flexibility index (Phi) is 8.21. The zero-order chi connectivity index (χ0) is 27.9. The van der Waals surface area contributed by atoms with Crippen molar-refractivity contribution in [1.29, 1.82) is 0 Å². The Labute approximate surface area is 231 Å². The number of amides is 2. The van der Waals surface area contributed by atoms with Crippen LogP contribution in [0.1, 0.15) is 67.3 Å². The van der Waals surface area contributed by atoms with Crippen LogP contribution in [0.25, 0.3) is 0 Å². The summed E-state index contributed by atoms with van der Waals surface area (Å²) in [5.41, 5.74) is 1.65. The summed E-state index contributed by atoms with van der Waals surface area (Å²) in [6, 6.07) is 2.71. The Hall–Kier alpha value is -1.89. The van der Waals surface area contributed by atoms with Gasteiger partial charge in [-0.1, -0.05) is 11.6 Å². The molecule has 0 spiro atoms. The number of nitrogens with zero attached hydrogens (tertiary/aromatic N) is 2. The van der Waals surface area contributed by atoms with Crippen molar-refractivity contribution in [3.8, 4) is 0 Å². The molecule has 4 aliphatic heterocycles. The number of fused-ring (bicyclic) bond motifs is 3. The van der Waals surface area contributed by atoms with Gasteiger partial charge >= 0.3 is 6.18 Å². The van der Waals surface area contributed by atoms with Crippen molar-refractivity contribution in [3.63, 3.8) is 0 Å². The fourth-order valence-electron chi connectivity index (χ4n) is 6.66. The second-order valence-corrected chi connectivity index (χ2v) is 13.7. The summed E-state index contributed by atoms with van der Waals surface area (Å²) in [6.45, 7) is 1.62. The molecule has 2 N–H and O–H groups in total. The van der Waals surface area contributed by atoms with E-state index in [0.29, 0.717) is 56.6 Å².